The normalized spacial score (nSPS) is 16.8. The second-order valence-electron chi connectivity index (χ2n) is 4.44. The second kappa shape index (κ2) is 4.60. The van der Waals surface area contributed by atoms with Gasteiger partial charge < -0.3 is 5.11 Å². The van der Waals surface area contributed by atoms with Crippen LogP contribution in [0.5, 0.6) is 0 Å². The van der Waals surface area contributed by atoms with E-state index in [1.807, 2.05) is 0 Å². The van der Waals surface area contributed by atoms with Crippen LogP contribution in [-0.2, 0) is 4.79 Å². The summed E-state index contributed by atoms with van der Waals surface area (Å²) in [4.78, 5) is 18.3. The predicted molar refractivity (Wildman–Crippen MR) is 61.4 cm³/mol. The highest BCUT2D eigenvalue weighted by Crippen LogP contribution is 2.51. The Morgan fingerprint density at radius 3 is 2.88 bits per heavy atom. The van der Waals surface area contributed by atoms with E-state index in [4.69, 9.17) is 5.11 Å². The summed E-state index contributed by atoms with van der Waals surface area (Å²) in [7, 11) is 0. The van der Waals surface area contributed by atoms with Crippen LogP contribution in [0.4, 0.5) is 4.39 Å². The van der Waals surface area contributed by atoms with Crippen LogP contribution in [0.25, 0.3) is 0 Å². The molecular formula is C11H13FN2O2S. The molecule has 0 aliphatic heterocycles. The molecule has 1 saturated carbocycles. The van der Waals surface area contributed by atoms with E-state index in [1.165, 1.54) is 18.1 Å². The van der Waals surface area contributed by atoms with Crippen molar-refractivity contribution in [3.05, 3.63) is 17.8 Å². The number of aliphatic carboxylic acids is 1. The van der Waals surface area contributed by atoms with Gasteiger partial charge in [-0.25, -0.2) is 14.4 Å². The van der Waals surface area contributed by atoms with Crippen molar-refractivity contribution in [2.45, 2.75) is 31.2 Å². The molecule has 0 radical (unpaired) electrons. The molecule has 4 nitrogen and oxygen atoms in total. The lowest BCUT2D eigenvalue weighted by Gasteiger charge is -2.11. The van der Waals surface area contributed by atoms with E-state index in [0.717, 1.165) is 12.8 Å². The van der Waals surface area contributed by atoms with E-state index in [0.29, 0.717) is 16.5 Å². The molecule has 1 heterocycles. The van der Waals surface area contributed by atoms with Crippen LogP contribution in [0, 0.1) is 18.2 Å². The fourth-order valence-corrected chi connectivity index (χ4v) is 2.86. The molecule has 0 saturated heterocycles. The number of carbonyl (C=O) groups is 1. The number of hydrogen-bond acceptors (Lipinski definition) is 4. The van der Waals surface area contributed by atoms with Crippen molar-refractivity contribution < 1.29 is 14.3 Å². The molecule has 1 aliphatic carbocycles. The number of aryl methyl sites for hydroxylation is 1. The van der Waals surface area contributed by atoms with Crippen molar-refractivity contribution in [2.24, 2.45) is 5.41 Å². The molecule has 0 spiro atoms. The Hall–Kier alpha value is -1.17. The molecule has 0 unspecified atom stereocenters. The van der Waals surface area contributed by atoms with Gasteiger partial charge in [0.2, 0.25) is 0 Å². The molecule has 17 heavy (non-hydrogen) atoms. The van der Waals surface area contributed by atoms with Gasteiger partial charge >= 0.3 is 5.97 Å². The minimum atomic E-state index is -0.789. The van der Waals surface area contributed by atoms with E-state index in [2.05, 4.69) is 9.97 Å². The Bertz CT molecular complexity index is 449. The maximum atomic E-state index is 13.6. The van der Waals surface area contributed by atoms with Gasteiger partial charge in [-0.15, -0.1) is 11.8 Å². The van der Waals surface area contributed by atoms with Crippen molar-refractivity contribution >= 4 is 17.7 Å². The van der Waals surface area contributed by atoms with Gasteiger partial charge in [-0.05, 0) is 25.2 Å². The van der Waals surface area contributed by atoms with Crippen molar-refractivity contribution in [3.8, 4) is 0 Å². The Labute approximate surface area is 103 Å². The number of rotatable bonds is 5. The van der Waals surface area contributed by atoms with E-state index in [-0.39, 0.29) is 11.8 Å². The van der Waals surface area contributed by atoms with Gasteiger partial charge in [0.1, 0.15) is 11.4 Å². The highest BCUT2D eigenvalue weighted by atomic mass is 32.2. The molecule has 6 heteroatoms. The molecule has 0 amide bonds. The minimum absolute atomic E-state index is 0.151. The summed E-state index contributed by atoms with van der Waals surface area (Å²) in [5.74, 6) is -0.585. The molecule has 1 fully saturated rings. The lowest BCUT2D eigenvalue weighted by molar-refractivity contribution is -0.138. The number of nitrogens with zero attached hydrogens (tertiary/aromatic N) is 2. The topological polar surface area (TPSA) is 63.1 Å². The smallest absolute Gasteiger partial charge is 0.303 e. The SMILES string of the molecule is Cc1ncnc(SCC2(CC(=O)O)CC2)c1F. The summed E-state index contributed by atoms with van der Waals surface area (Å²) in [6, 6.07) is 0. The van der Waals surface area contributed by atoms with E-state index >= 15 is 0 Å². The summed E-state index contributed by atoms with van der Waals surface area (Å²) in [5.41, 5.74) is 0.174. The molecule has 1 aromatic rings. The Kier molecular flexibility index (Phi) is 3.33. The Morgan fingerprint density at radius 1 is 1.59 bits per heavy atom. The predicted octanol–water partition coefficient (Wildman–Crippen LogP) is 2.27. The fraction of sp³-hybridized carbons (Fsp3) is 0.545. The molecular weight excluding hydrogens is 243 g/mol. The van der Waals surface area contributed by atoms with Gasteiger partial charge in [0, 0.05) is 5.75 Å². The Balaban J connectivity index is 1.98. The molecule has 1 N–H and O–H groups in total. The third-order valence-electron chi connectivity index (χ3n) is 2.93. The highest BCUT2D eigenvalue weighted by Gasteiger charge is 2.44. The zero-order valence-corrected chi connectivity index (χ0v) is 10.3. The third kappa shape index (κ3) is 2.94. The molecule has 1 aliphatic rings. The molecule has 0 bridgehead atoms. The van der Waals surface area contributed by atoms with Gasteiger partial charge in [-0.1, -0.05) is 0 Å². The minimum Gasteiger partial charge on any atom is -0.481 e. The number of thioether (sulfide) groups is 1. The lowest BCUT2D eigenvalue weighted by atomic mass is 10.1. The number of carboxylic acid groups (broad SMARTS) is 1. The van der Waals surface area contributed by atoms with Crippen LogP contribution in [0.2, 0.25) is 0 Å². The van der Waals surface area contributed by atoms with E-state index in [9.17, 15) is 9.18 Å². The van der Waals surface area contributed by atoms with Crippen LogP contribution in [-0.4, -0.2) is 26.8 Å². The summed E-state index contributed by atoms with van der Waals surface area (Å²) in [5, 5.41) is 9.09. The van der Waals surface area contributed by atoms with E-state index in [1.54, 1.807) is 6.92 Å². The number of carboxylic acids is 1. The first-order valence-electron chi connectivity index (χ1n) is 5.34. The molecule has 1 aromatic heterocycles. The van der Waals surface area contributed by atoms with Crippen molar-refractivity contribution in [1.29, 1.82) is 0 Å². The quantitative estimate of drug-likeness (QED) is 0.646. The first kappa shape index (κ1) is 12.3. The second-order valence-corrected chi connectivity index (χ2v) is 5.40. The van der Waals surface area contributed by atoms with Crippen LogP contribution < -0.4 is 0 Å². The summed E-state index contributed by atoms with van der Waals surface area (Å²) < 4.78 is 13.6. The lowest BCUT2D eigenvalue weighted by Crippen LogP contribution is -2.11. The standard InChI is InChI=1S/C11H13FN2O2S/c1-7-9(12)10(14-6-13-7)17-5-11(2-3-11)4-8(15)16/h6H,2-5H2,1H3,(H,15,16). The average molecular weight is 256 g/mol. The monoisotopic (exact) mass is 256 g/mol. The van der Waals surface area contributed by atoms with Crippen molar-refractivity contribution in [3.63, 3.8) is 0 Å². The molecule has 92 valence electrons. The zero-order valence-electron chi connectivity index (χ0n) is 9.44. The summed E-state index contributed by atoms with van der Waals surface area (Å²) in [6.07, 6.45) is 3.29. The van der Waals surface area contributed by atoms with Crippen molar-refractivity contribution in [2.75, 3.05) is 5.75 Å². The van der Waals surface area contributed by atoms with Crippen LogP contribution in [0.3, 0.4) is 0 Å². The molecule has 0 atom stereocenters. The number of hydrogen-bond donors (Lipinski definition) is 1. The van der Waals surface area contributed by atoms with Gasteiger partial charge in [0.25, 0.3) is 0 Å². The highest BCUT2D eigenvalue weighted by molar-refractivity contribution is 7.99. The maximum Gasteiger partial charge on any atom is 0.303 e. The zero-order chi connectivity index (χ0) is 12.5. The first-order valence-corrected chi connectivity index (χ1v) is 6.33. The molecule has 2 rings (SSSR count). The molecule has 0 aromatic carbocycles. The first-order chi connectivity index (χ1) is 8.02. The summed E-state index contributed by atoms with van der Waals surface area (Å²) in [6.45, 7) is 1.59. The van der Waals surface area contributed by atoms with Gasteiger partial charge in [0.05, 0.1) is 12.1 Å². The van der Waals surface area contributed by atoms with Crippen molar-refractivity contribution in [1.82, 2.24) is 9.97 Å². The van der Waals surface area contributed by atoms with Gasteiger partial charge in [-0.2, -0.15) is 0 Å². The number of aromatic nitrogens is 2. The van der Waals surface area contributed by atoms with E-state index < -0.39 is 11.8 Å². The van der Waals surface area contributed by atoms with Crippen LogP contribution in [0.1, 0.15) is 25.0 Å². The van der Waals surface area contributed by atoms with Crippen LogP contribution >= 0.6 is 11.8 Å². The Morgan fingerprint density at radius 2 is 2.29 bits per heavy atom. The average Bonchev–Trinajstić information content (AvgIpc) is 3.00. The number of halogens is 1. The van der Waals surface area contributed by atoms with Crippen LogP contribution in [0.15, 0.2) is 11.4 Å². The summed E-state index contributed by atoms with van der Waals surface area (Å²) >= 11 is 1.28. The maximum absolute atomic E-state index is 13.6. The largest absolute Gasteiger partial charge is 0.481 e. The third-order valence-corrected chi connectivity index (χ3v) is 4.24. The fourth-order valence-electron chi connectivity index (χ4n) is 1.63. The van der Waals surface area contributed by atoms with Gasteiger partial charge in [-0.3, -0.25) is 4.79 Å². The van der Waals surface area contributed by atoms with Gasteiger partial charge in [0.15, 0.2) is 5.82 Å².